The highest BCUT2D eigenvalue weighted by atomic mass is 35.5. The highest BCUT2D eigenvalue weighted by Crippen LogP contribution is 2.33. The Kier molecular flexibility index (Phi) is 11.5. The van der Waals surface area contributed by atoms with Gasteiger partial charge in [-0.15, -0.1) is 6.58 Å². The standard InChI is InChI=1S/C33H33ClN4O5S/c1-4-8-24-17-23(13-16-27(24)42-19-22-11-14-25(34)15-12-22)18-35-38-29(39)20-43-28-10-7-6-9-26(28)31-30(32(40)41-5-2)21(3)36-33(44)37-31/h4,6-7,9-18,31H,1,5,8,19-20H2,2-3H3,(H,38,39)(H2,36,37,44)/t31-/m1/s1. The first-order chi connectivity index (χ1) is 21.3. The van der Waals surface area contributed by atoms with Crippen LogP contribution in [0.1, 0.15) is 42.1 Å². The smallest absolute Gasteiger partial charge is 0.338 e. The molecular formula is C33H33ClN4O5S. The van der Waals surface area contributed by atoms with Crippen LogP contribution >= 0.6 is 23.8 Å². The Hall–Kier alpha value is -4.67. The minimum absolute atomic E-state index is 0.226. The zero-order valence-electron chi connectivity index (χ0n) is 24.4. The number of hydrogen-bond donors (Lipinski definition) is 3. The largest absolute Gasteiger partial charge is 0.489 e. The molecule has 11 heteroatoms. The molecule has 0 aliphatic carbocycles. The normalized spacial score (nSPS) is 14.4. The number of rotatable bonds is 13. The number of carbonyl (C=O) groups is 2. The van der Waals surface area contributed by atoms with Gasteiger partial charge in [-0.25, -0.2) is 10.2 Å². The van der Waals surface area contributed by atoms with E-state index in [4.69, 9.17) is 38.0 Å². The summed E-state index contributed by atoms with van der Waals surface area (Å²) >= 11 is 11.3. The minimum atomic E-state index is -0.622. The van der Waals surface area contributed by atoms with E-state index in [9.17, 15) is 9.59 Å². The summed E-state index contributed by atoms with van der Waals surface area (Å²) in [5.41, 5.74) is 6.78. The van der Waals surface area contributed by atoms with E-state index in [1.165, 1.54) is 0 Å². The van der Waals surface area contributed by atoms with Crippen LogP contribution < -0.4 is 25.5 Å². The molecule has 228 valence electrons. The molecule has 1 atom stereocenters. The quantitative estimate of drug-likeness (QED) is 0.0742. The maximum Gasteiger partial charge on any atom is 0.338 e. The highest BCUT2D eigenvalue weighted by molar-refractivity contribution is 7.80. The van der Waals surface area contributed by atoms with Crippen LogP contribution in [0.5, 0.6) is 11.5 Å². The lowest BCUT2D eigenvalue weighted by Crippen LogP contribution is -2.45. The van der Waals surface area contributed by atoms with E-state index >= 15 is 0 Å². The lowest BCUT2D eigenvalue weighted by Gasteiger charge is -2.30. The third kappa shape index (κ3) is 8.68. The van der Waals surface area contributed by atoms with Gasteiger partial charge >= 0.3 is 5.97 Å². The van der Waals surface area contributed by atoms with Crippen molar-refractivity contribution in [2.45, 2.75) is 32.9 Å². The Bertz CT molecular complexity index is 1590. The van der Waals surface area contributed by atoms with Gasteiger partial charge in [0.25, 0.3) is 5.91 Å². The lowest BCUT2D eigenvalue weighted by molar-refractivity contribution is -0.139. The van der Waals surface area contributed by atoms with Gasteiger partial charge in [0.1, 0.15) is 18.1 Å². The molecule has 0 unspecified atom stereocenters. The van der Waals surface area contributed by atoms with Crippen molar-refractivity contribution in [3.05, 3.63) is 118 Å². The van der Waals surface area contributed by atoms with Crippen molar-refractivity contribution in [2.24, 2.45) is 5.10 Å². The highest BCUT2D eigenvalue weighted by Gasteiger charge is 2.32. The molecule has 0 saturated carbocycles. The number of halogens is 1. The molecule has 0 bridgehead atoms. The Balaban J connectivity index is 1.38. The van der Waals surface area contributed by atoms with Gasteiger partial charge in [0.15, 0.2) is 11.7 Å². The first-order valence-electron chi connectivity index (χ1n) is 13.9. The van der Waals surface area contributed by atoms with Crippen molar-refractivity contribution in [2.75, 3.05) is 13.2 Å². The zero-order valence-corrected chi connectivity index (χ0v) is 26.0. The molecule has 1 heterocycles. The van der Waals surface area contributed by atoms with E-state index < -0.39 is 17.9 Å². The summed E-state index contributed by atoms with van der Waals surface area (Å²) in [5, 5.41) is 11.2. The average molecular weight is 633 g/mol. The second kappa shape index (κ2) is 15.7. The number of para-hydroxylation sites is 1. The van der Waals surface area contributed by atoms with Crippen LogP contribution in [-0.4, -0.2) is 36.4 Å². The number of nitrogens with one attached hydrogen (secondary N) is 3. The van der Waals surface area contributed by atoms with Crippen molar-refractivity contribution in [1.29, 1.82) is 0 Å². The molecule has 44 heavy (non-hydrogen) atoms. The maximum absolute atomic E-state index is 12.7. The van der Waals surface area contributed by atoms with Gasteiger partial charge < -0.3 is 24.8 Å². The molecular weight excluding hydrogens is 600 g/mol. The Labute approximate surface area is 266 Å². The number of ether oxygens (including phenoxy) is 3. The number of allylic oxidation sites excluding steroid dienone is 2. The Morgan fingerprint density at radius 3 is 2.61 bits per heavy atom. The first-order valence-corrected chi connectivity index (χ1v) is 14.7. The number of carbonyl (C=O) groups excluding carboxylic acids is 2. The predicted octanol–water partition coefficient (Wildman–Crippen LogP) is 5.53. The van der Waals surface area contributed by atoms with E-state index in [2.05, 4.69) is 27.7 Å². The molecule has 0 saturated heterocycles. The molecule has 1 aliphatic rings. The fourth-order valence-electron chi connectivity index (χ4n) is 4.49. The predicted molar refractivity (Wildman–Crippen MR) is 175 cm³/mol. The maximum atomic E-state index is 12.7. The van der Waals surface area contributed by atoms with Crippen LogP contribution in [-0.2, 0) is 27.4 Å². The van der Waals surface area contributed by atoms with E-state index in [1.54, 1.807) is 44.3 Å². The van der Waals surface area contributed by atoms with Crippen LogP contribution in [0.15, 0.2) is 95.8 Å². The Morgan fingerprint density at radius 1 is 1.09 bits per heavy atom. The number of nitrogens with zero attached hydrogens (tertiary/aromatic N) is 1. The van der Waals surface area contributed by atoms with Crippen LogP contribution in [0, 0.1) is 0 Å². The van der Waals surface area contributed by atoms with Crippen molar-refractivity contribution >= 4 is 47.0 Å². The lowest BCUT2D eigenvalue weighted by atomic mass is 9.95. The summed E-state index contributed by atoms with van der Waals surface area (Å²) < 4.78 is 17.1. The molecule has 3 aromatic carbocycles. The van der Waals surface area contributed by atoms with Gasteiger partial charge in [0.2, 0.25) is 0 Å². The second-order valence-corrected chi connectivity index (χ2v) is 10.5. The molecule has 3 aromatic rings. The van der Waals surface area contributed by atoms with Crippen LogP contribution in [0.3, 0.4) is 0 Å². The molecule has 4 rings (SSSR count). The fraction of sp³-hybridized carbons (Fsp3) is 0.212. The molecule has 0 fully saturated rings. The van der Waals surface area contributed by atoms with E-state index in [0.29, 0.717) is 45.7 Å². The number of hydrogen-bond acceptors (Lipinski definition) is 7. The fourth-order valence-corrected chi connectivity index (χ4v) is 4.89. The average Bonchev–Trinajstić information content (AvgIpc) is 3.00. The third-order valence-corrected chi connectivity index (χ3v) is 6.98. The van der Waals surface area contributed by atoms with Gasteiger partial charge in [-0.1, -0.05) is 48.0 Å². The van der Waals surface area contributed by atoms with Gasteiger partial charge in [-0.2, -0.15) is 5.10 Å². The molecule has 0 aromatic heterocycles. The third-order valence-electron chi connectivity index (χ3n) is 6.51. The van der Waals surface area contributed by atoms with Gasteiger partial charge in [0.05, 0.1) is 24.4 Å². The molecule has 3 N–H and O–H groups in total. The van der Waals surface area contributed by atoms with Crippen LogP contribution in [0.2, 0.25) is 5.02 Å². The molecule has 1 amide bonds. The number of thiocarbonyl (C=S) groups is 1. The molecule has 1 aliphatic heterocycles. The zero-order chi connectivity index (χ0) is 31.5. The van der Waals surface area contributed by atoms with Crippen LogP contribution in [0.25, 0.3) is 0 Å². The summed E-state index contributed by atoms with van der Waals surface area (Å²) in [6.07, 6.45) is 3.93. The number of benzene rings is 3. The monoisotopic (exact) mass is 632 g/mol. The molecule has 9 nitrogen and oxygen atoms in total. The molecule has 0 radical (unpaired) electrons. The summed E-state index contributed by atoms with van der Waals surface area (Å²) in [5.74, 6) is 0.202. The Morgan fingerprint density at radius 2 is 1.86 bits per heavy atom. The van der Waals surface area contributed by atoms with Crippen molar-refractivity contribution in [3.8, 4) is 11.5 Å². The minimum Gasteiger partial charge on any atom is -0.489 e. The van der Waals surface area contributed by atoms with E-state index in [1.807, 2.05) is 48.5 Å². The number of esters is 1. The molecule has 0 spiro atoms. The summed E-state index contributed by atoms with van der Waals surface area (Å²) in [6.45, 7) is 7.65. The van der Waals surface area contributed by atoms with Crippen LogP contribution in [0.4, 0.5) is 0 Å². The number of hydrazone groups is 1. The summed E-state index contributed by atoms with van der Waals surface area (Å²) in [7, 11) is 0. The van der Waals surface area contributed by atoms with E-state index in [-0.39, 0.29) is 13.2 Å². The van der Waals surface area contributed by atoms with Crippen molar-refractivity contribution in [1.82, 2.24) is 16.1 Å². The number of amides is 1. The topological polar surface area (TPSA) is 110 Å². The summed E-state index contributed by atoms with van der Waals surface area (Å²) in [6, 6.07) is 19.6. The van der Waals surface area contributed by atoms with Gasteiger partial charge in [-0.3, -0.25) is 4.79 Å². The van der Waals surface area contributed by atoms with Gasteiger partial charge in [-0.05, 0) is 85.6 Å². The van der Waals surface area contributed by atoms with Crippen molar-refractivity contribution < 1.29 is 23.8 Å². The van der Waals surface area contributed by atoms with E-state index in [0.717, 1.165) is 22.4 Å². The SMILES string of the molecule is C=CCc1cc(C=NNC(=O)COc2ccccc2[C@H]2NC(=S)NC(C)=C2C(=O)OCC)ccc1OCc1ccc(Cl)cc1. The second-order valence-electron chi connectivity index (χ2n) is 9.69. The first kappa shape index (κ1) is 32.2. The van der Waals surface area contributed by atoms with Crippen molar-refractivity contribution in [3.63, 3.8) is 0 Å². The van der Waals surface area contributed by atoms with Gasteiger partial charge in [0, 0.05) is 16.3 Å². The summed E-state index contributed by atoms with van der Waals surface area (Å²) in [4.78, 5) is 25.3.